The van der Waals surface area contributed by atoms with Crippen LogP contribution in [-0.2, 0) is 9.59 Å². The highest BCUT2D eigenvalue weighted by Gasteiger charge is 2.26. The van der Waals surface area contributed by atoms with Gasteiger partial charge in [0, 0.05) is 13.6 Å². The van der Waals surface area contributed by atoms with E-state index in [1.807, 2.05) is 4.90 Å². The summed E-state index contributed by atoms with van der Waals surface area (Å²) >= 11 is 0. The van der Waals surface area contributed by atoms with Gasteiger partial charge >= 0.3 is 0 Å². The van der Waals surface area contributed by atoms with Crippen LogP contribution in [0.2, 0.25) is 0 Å². The molecular weight excluding hydrogens is 273 g/mol. The van der Waals surface area contributed by atoms with Crippen molar-refractivity contribution < 1.29 is 14.0 Å². The predicted molar refractivity (Wildman–Crippen MR) is 78.3 cm³/mol. The van der Waals surface area contributed by atoms with Crippen molar-refractivity contribution in [2.75, 3.05) is 32.0 Å². The molecular formula is C15H20FN3O2. The lowest BCUT2D eigenvalue weighted by Crippen LogP contribution is -2.44. The fourth-order valence-corrected chi connectivity index (χ4v) is 2.57. The molecule has 1 heterocycles. The highest BCUT2D eigenvalue weighted by Crippen LogP contribution is 2.17. The van der Waals surface area contributed by atoms with Gasteiger partial charge in [-0.25, -0.2) is 4.39 Å². The van der Waals surface area contributed by atoms with E-state index in [0.717, 1.165) is 19.4 Å². The smallest absolute Gasteiger partial charge is 0.238 e. The first-order valence-electron chi connectivity index (χ1n) is 7.08. The van der Waals surface area contributed by atoms with E-state index in [9.17, 15) is 14.0 Å². The number of hydrogen-bond donors (Lipinski definition) is 2. The highest BCUT2D eigenvalue weighted by molar-refractivity contribution is 5.92. The Bertz CT molecular complexity index is 521. The lowest BCUT2D eigenvalue weighted by molar-refractivity contribution is -0.127. The molecule has 114 valence electrons. The van der Waals surface area contributed by atoms with Gasteiger partial charge < -0.3 is 10.6 Å². The minimum absolute atomic E-state index is 0.00853. The molecule has 1 aliphatic heterocycles. The van der Waals surface area contributed by atoms with Crippen molar-refractivity contribution in [1.29, 1.82) is 0 Å². The Kier molecular flexibility index (Phi) is 5.27. The van der Waals surface area contributed by atoms with E-state index < -0.39 is 5.82 Å². The summed E-state index contributed by atoms with van der Waals surface area (Å²) in [5.41, 5.74) is 0.183. The fourth-order valence-electron chi connectivity index (χ4n) is 2.57. The van der Waals surface area contributed by atoms with Crippen LogP contribution in [0.15, 0.2) is 24.3 Å². The van der Waals surface area contributed by atoms with Crippen LogP contribution >= 0.6 is 0 Å². The molecule has 1 aromatic rings. The van der Waals surface area contributed by atoms with Gasteiger partial charge in [0.15, 0.2) is 0 Å². The van der Waals surface area contributed by atoms with E-state index in [0.29, 0.717) is 6.54 Å². The number of carbonyl (C=O) groups is 2. The summed E-state index contributed by atoms with van der Waals surface area (Å²) in [4.78, 5) is 25.5. The molecule has 2 N–H and O–H groups in total. The van der Waals surface area contributed by atoms with Gasteiger partial charge in [-0.05, 0) is 31.5 Å². The first-order valence-corrected chi connectivity index (χ1v) is 7.08. The van der Waals surface area contributed by atoms with Crippen LogP contribution in [0.5, 0.6) is 0 Å². The Morgan fingerprint density at radius 1 is 1.38 bits per heavy atom. The second-order valence-corrected chi connectivity index (χ2v) is 5.22. The molecule has 0 radical (unpaired) electrons. The molecule has 21 heavy (non-hydrogen) atoms. The van der Waals surface area contributed by atoms with E-state index in [1.165, 1.54) is 12.1 Å². The van der Waals surface area contributed by atoms with E-state index in [2.05, 4.69) is 10.6 Å². The van der Waals surface area contributed by atoms with Crippen molar-refractivity contribution in [1.82, 2.24) is 10.2 Å². The minimum atomic E-state index is -0.451. The van der Waals surface area contributed by atoms with Crippen molar-refractivity contribution in [3.05, 3.63) is 30.1 Å². The number of halogens is 1. The number of benzene rings is 1. The number of para-hydroxylation sites is 1. The molecule has 1 atom stereocenters. The minimum Gasteiger partial charge on any atom is -0.359 e. The monoisotopic (exact) mass is 293 g/mol. The first-order chi connectivity index (χ1) is 10.1. The topological polar surface area (TPSA) is 61.4 Å². The van der Waals surface area contributed by atoms with Gasteiger partial charge in [-0.1, -0.05) is 12.1 Å². The number of anilines is 1. The molecule has 1 aromatic carbocycles. The van der Waals surface area contributed by atoms with Gasteiger partial charge in [0.2, 0.25) is 11.8 Å². The molecule has 0 aliphatic carbocycles. The van der Waals surface area contributed by atoms with E-state index in [-0.39, 0.29) is 30.0 Å². The standard InChI is InChI=1S/C15H20FN3O2/c1-17-15(21)11-5-4-8-19(9-11)10-14(20)18-13-7-3-2-6-12(13)16/h2-3,6-7,11H,4-5,8-10H2,1H3,(H,17,21)(H,18,20). The van der Waals surface area contributed by atoms with Crippen LogP contribution in [-0.4, -0.2) is 43.4 Å². The molecule has 0 aromatic heterocycles. The third-order valence-corrected chi connectivity index (χ3v) is 3.64. The zero-order valence-corrected chi connectivity index (χ0v) is 12.1. The highest BCUT2D eigenvalue weighted by atomic mass is 19.1. The van der Waals surface area contributed by atoms with Gasteiger partial charge in [-0.15, -0.1) is 0 Å². The van der Waals surface area contributed by atoms with E-state index in [4.69, 9.17) is 0 Å². The quantitative estimate of drug-likeness (QED) is 0.877. The number of hydrogen-bond acceptors (Lipinski definition) is 3. The third kappa shape index (κ3) is 4.26. The normalized spacial score (nSPS) is 19.0. The van der Waals surface area contributed by atoms with Crippen LogP contribution in [0, 0.1) is 11.7 Å². The Labute approximate surface area is 123 Å². The number of nitrogens with zero attached hydrogens (tertiary/aromatic N) is 1. The maximum atomic E-state index is 13.5. The fraction of sp³-hybridized carbons (Fsp3) is 0.467. The molecule has 2 amide bonds. The van der Waals surface area contributed by atoms with Gasteiger partial charge in [0.25, 0.3) is 0 Å². The first kappa shape index (κ1) is 15.4. The van der Waals surface area contributed by atoms with Crippen LogP contribution in [0.4, 0.5) is 10.1 Å². The summed E-state index contributed by atoms with van der Waals surface area (Å²) in [6, 6.07) is 6.07. The van der Waals surface area contributed by atoms with Gasteiger partial charge in [-0.2, -0.15) is 0 Å². The van der Waals surface area contributed by atoms with Crippen LogP contribution in [0.25, 0.3) is 0 Å². The van der Waals surface area contributed by atoms with Crippen molar-refractivity contribution in [2.24, 2.45) is 5.92 Å². The third-order valence-electron chi connectivity index (χ3n) is 3.64. The Morgan fingerprint density at radius 2 is 2.14 bits per heavy atom. The van der Waals surface area contributed by atoms with Crippen molar-refractivity contribution in [3.63, 3.8) is 0 Å². The summed E-state index contributed by atoms with van der Waals surface area (Å²) in [5, 5.41) is 5.20. The molecule has 2 rings (SSSR count). The zero-order valence-electron chi connectivity index (χ0n) is 12.1. The summed E-state index contributed by atoms with van der Waals surface area (Å²) in [7, 11) is 1.62. The largest absolute Gasteiger partial charge is 0.359 e. The number of amides is 2. The van der Waals surface area contributed by atoms with Crippen LogP contribution < -0.4 is 10.6 Å². The summed E-state index contributed by atoms with van der Waals surface area (Å²) in [6.07, 6.45) is 1.72. The van der Waals surface area contributed by atoms with E-state index >= 15 is 0 Å². The number of nitrogens with one attached hydrogen (secondary N) is 2. The number of likely N-dealkylation sites (tertiary alicyclic amines) is 1. The summed E-state index contributed by atoms with van der Waals surface area (Å²) in [5.74, 6) is -0.787. The Balaban J connectivity index is 1.88. The summed E-state index contributed by atoms with van der Waals surface area (Å²) < 4.78 is 13.5. The molecule has 0 saturated carbocycles. The zero-order chi connectivity index (χ0) is 15.2. The number of rotatable bonds is 4. The Hall–Kier alpha value is -1.95. The van der Waals surface area contributed by atoms with Gasteiger partial charge in [0.05, 0.1) is 18.2 Å². The van der Waals surface area contributed by atoms with Crippen molar-refractivity contribution >= 4 is 17.5 Å². The molecule has 0 spiro atoms. The average Bonchev–Trinajstić information content (AvgIpc) is 2.49. The number of carbonyl (C=O) groups excluding carboxylic acids is 2. The molecule has 5 nitrogen and oxygen atoms in total. The lowest BCUT2D eigenvalue weighted by atomic mass is 9.97. The molecule has 1 fully saturated rings. The van der Waals surface area contributed by atoms with Crippen LogP contribution in [0.1, 0.15) is 12.8 Å². The van der Waals surface area contributed by atoms with E-state index in [1.54, 1.807) is 19.2 Å². The maximum absolute atomic E-state index is 13.5. The molecule has 0 bridgehead atoms. The second kappa shape index (κ2) is 7.17. The Morgan fingerprint density at radius 3 is 2.86 bits per heavy atom. The van der Waals surface area contributed by atoms with Crippen molar-refractivity contribution in [2.45, 2.75) is 12.8 Å². The molecule has 1 unspecified atom stereocenters. The molecule has 1 saturated heterocycles. The summed E-state index contributed by atoms with van der Waals surface area (Å²) in [6.45, 7) is 1.50. The van der Waals surface area contributed by atoms with Crippen molar-refractivity contribution in [3.8, 4) is 0 Å². The van der Waals surface area contributed by atoms with Gasteiger partial charge in [-0.3, -0.25) is 14.5 Å². The lowest BCUT2D eigenvalue weighted by Gasteiger charge is -2.31. The second-order valence-electron chi connectivity index (χ2n) is 5.22. The molecule has 6 heteroatoms. The maximum Gasteiger partial charge on any atom is 0.238 e. The number of piperidine rings is 1. The molecule has 1 aliphatic rings. The van der Waals surface area contributed by atoms with Crippen LogP contribution in [0.3, 0.4) is 0 Å². The van der Waals surface area contributed by atoms with Gasteiger partial charge in [0.1, 0.15) is 5.82 Å². The average molecular weight is 293 g/mol. The predicted octanol–water partition coefficient (Wildman–Crippen LogP) is 1.22. The SMILES string of the molecule is CNC(=O)C1CCCN(CC(=O)Nc2ccccc2F)C1.